The number of guanidine groups is 2. The first-order valence-corrected chi connectivity index (χ1v) is 13.8. The lowest BCUT2D eigenvalue weighted by Gasteiger charge is -2.18. The molecule has 6 N–H and O–H groups in total. The van der Waals surface area contributed by atoms with Gasteiger partial charge in [-0.1, -0.05) is 32.4 Å². The number of carbonyl (C=O) groups is 1. The predicted octanol–water partition coefficient (Wildman–Crippen LogP) is -0.732. The quantitative estimate of drug-likeness (QED) is 0.138. The van der Waals surface area contributed by atoms with E-state index >= 15 is 0 Å². The van der Waals surface area contributed by atoms with Gasteiger partial charge in [-0.15, -0.1) is 0 Å². The molecule has 0 aliphatic carbocycles. The van der Waals surface area contributed by atoms with Crippen molar-refractivity contribution in [2.24, 2.45) is 29.2 Å². The van der Waals surface area contributed by atoms with E-state index in [9.17, 15) is 14.7 Å². The number of nitrogens with zero attached hydrogens (tertiary/aromatic N) is 6. The third-order valence-electron chi connectivity index (χ3n) is 6.16. The highest BCUT2D eigenvalue weighted by Crippen LogP contribution is 2.17. The smallest absolute Gasteiger partial charge is 0.387 e. The van der Waals surface area contributed by atoms with Crippen LogP contribution in [0.3, 0.4) is 0 Å². The SMILES string of the molecule is CCCc1nn(C)c2c(=O)n(CCOc3ccc(C[C@H](OCC)C(=O)[O-])cc3)c(CC)nc12.C[N+](C)=C(N)N=C(N)N. The van der Waals surface area contributed by atoms with Crippen LogP contribution in [0.1, 0.15) is 44.3 Å². The largest absolute Gasteiger partial charge is 0.547 e. The van der Waals surface area contributed by atoms with Gasteiger partial charge in [0.25, 0.3) is 11.5 Å². The predicted molar refractivity (Wildman–Crippen MR) is 159 cm³/mol. The molecule has 1 atom stereocenters. The van der Waals surface area contributed by atoms with Gasteiger partial charge < -0.3 is 30.8 Å². The number of carboxylic acid groups (broad SMARTS) is 1. The molecule has 0 bridgehead atoms. The molecular weight excluding hydrogens is 542 g/mol. The van der Waals surface area contributed by atoms with E-state index in [-0.39, 0.29) is 17.9 Å². The van der Waals surface area contributed by atoms with E-state index in [2.05, 4.69) is 17.0 Å². The third-order valence-corrected chi connectivity index (χ3v) is 6.16. The van der Waals surface area contributed by atoms with Crippen LogP contribution in [-0.2, 0) is 42.4 Å². The molecule has 3 aromatic rings. The molecule has 42 heavy (non-hydrogen) atoms. The maximum atomic E-state index is 13.2. The second-order valence-corrected chi connectivity index (χ2v) is 9.60. The fraction of sp³-hybridized carbons (Fsp3) is 0.500. The van der Waals surface area contributed by atoms with Crippen LogP contribution in [0.2, 0.25) is 0 Å². The summed E-state index contributed by atoms with van der Waals surface area (Å²) < 4.78 is 15.9. The Morgan fingerprint density at radius 1 is 1.14 bits per heavy atom. The number of ether oxygens (including phenoxy) is 2. The molecule has 2 aromatic heterocycles. The summed E-state index contributed by atoms with van der Waals surface area (Å²) in [5.41, 5.74) is 18.1. The minimum Gasteiger partial charge on any atom is -0.547 e. The van der Waals surface area contributed by atoms with Crippen molar-refractivity contribution in [2.45, 2.75) is 59.1 Å². The molecule has 0 spiro atoms. The molecule has 0 saturated carbocycles. The van der Waals surface area contributed by atoms with Gasteiger partial charge in [0.05, 0.1) is 32.3 Å². The lowest BCUT2D eigenvalue weighted by molar-refractivity contribution is -0.466. The number of aryl methyl sites for hydroxylation is 3. The highest BCUT2D eigenvalue weighted by Gasteiger charge is 2.18. The molecule has 0 unspecified atom stereocenters. The van der Waals surface area contributed by atoms with Gasteiger partial charge in [-0.05, 0) is 36.0 Å². The fourth-order valence-electron chi connectivity index (χ4n) is 4.10. The Labute approximate surface area is 245 Å². The first-order valence-electron chi connectivity index (χ1n) is 13.8. The molecule has 2 heterocycles. The second-order valence-electron chi connectivity index (χ2n) is 9.60. The summed E-state index contributed by atoms with van der Waals surface area (Å²) in [7, 11) is 5.28. The maximum Gasteiger partial charge on any atom is 0.387 e. The van der Waals surface area contributed by atoms with Crippen molar-refractivity contribution in [3.8, 4) is 5.75 Å². The van der Waals surface area contributed by atoms with Crippen molar-refractivity contribution in [3.63, 3.8) is 0 Å². The summed E-state index contributed by atoms with van der Waals surface area (Å²) in [6, 6.07) is 7.15. The van der Waals surface area contributed by atoms with Gasteiger partial charge in [0, 0.05) is 26.5 Å². The van der Waals surface area contributed by atoms with Gasteiger partial charge in [-0.2, -0.15) is 5.10 Å². The van der Waals surface area contributed by atoms with Crippen molar-refractivity contribution in [2.75, 3.05) is 27.3 Å². The van der Waals surface area contributed by atoms with Gasteiger partial charge >= 0.3 is 5.96 Å². The van der Waals surface area contributed by atoms with Crippen molar-refractivity contribution in [3.05, 3.63) is 51.7 Å². The number of fused-ring (bicyclic) bond motifs is 1. The molecular formula is C28H43N9O5. The highest BCUT2D eigenvalue weighted by atomic mass is 16.5. The van der Waals surface area contributed by atoms with E-state index in [1.165, 1.54) is 0 Å². The number of carbonyl (C=O) groups excluding carboxylic acids is 1. The van der Waals surface area contributed by atoms with E-state index in [1.807, 2.05) is 6.92 Å². The fourth-order valence-corrected chi connectivity index (χ4v) is 4.10. The van der Waals surface area contributed by atoms with Gasteiger partial charge in [0.15, 0.2) is 5.52 Å². The lowest BCUT2D eigenvalue weighted by Crippen LogP contribution is -2.39. The molecule has 14 nitrogen and oxygen atoms in total. The molecule has 0 aliphatic rings. The molecule has 0 radical (unpaired) electrons. The zero-order chi connectivity index (χ0) is 31.4. The van der Waals surface area contributed by atoms with Crippen LogP contribution in [0.25, 0.3) is 11.0 Å². The van der Waals surface area contributed by atoms with Crippen LogP contribution in [0.5, 0.6) is 5.75 Å². The second kappa shape index (κ2) is 16.1. The zero-order valence-corrected chi connectivity index (χ0v) is 25.3. The molecule has 1 aromatic carbocycles. The number of hydrogen-bond donors (Lipinski definition) is 3. The van der Waals surface area contributed by atoms with Gasteiger partial charge in [-0.3, -0.25) is 24.4 Å². The Bertz CT molecular complexity index is 1450. The van der Waals surface area contributed by atoms with Crippen molar-refractivity contribution in [1.29, 1.82) is 0 Å². The first kappa shape index (κ1) is 33.7. The molecule has 3 rings (SSSR count). The van der Waals surface area contributed by atoms with Gasteiger partial charge in [-0.25, -0.2) is 4.98 Å². The standard InChI is InChI=1S/C24H32N4O5.C4H11N5/c1-5-8-18-21-22(27(4)26-18)23(29)28(20(6-2)25-21)13-14-33-17-11-9-16(10-12-17)15-19(24(30)31)32-7-3;1-9(2)4(7)8-3(5)6/h9-12,19H,5-8,13-15H2,1-4H3,(H,30,31);1-2H3,(H5,5,6,7,8)/t19-;/m0./s1. The van der Waals surface area contributed by atoms with Crippen LogP contribution in [0.4, 0.5) is 0 Å². The number of aliphatic imine (C=N–C) groups is 1. The average molecular weight is 586 g/mol. The van der Waals surface area contributed by atoms with Crippen LogP contribution in [0.15, 0.2) is 34.1 Å². The van der Waals surface area contributed by atoms with E-state index < -0.39 is 12.1 Å². The van der Waals surface area contributed by atoms with Crippen molar-refractivity contribution in [1.82, 2.24) is 19.3 Å². The number of aromatic nitrogens is 4. The third kappa shape index (κ3) is 9.29. The van der Waals surface area contributed by atoms with E-state index in [0.29, 0.717) is 54.7 Å². The summed E-state index contributed by atoms with van der Waals surface area (Å²) in [6.07, 6.45) is 1.59. The summed E-state index contributed by atoms with van der Waals surface area (Å²) >= 11 is 0. The van der Waals surface area contributed by atoms with Crippen LogP contribution in [0, 0.1) is 0 Å². The molecule has 230 valence electrons. The summed E-state index contributed by atoms with van der Waals surface area (Å²) in [5.74, 6) is 0.387. The highest BCUT2D eigenvalue weighted by molar-refractivity contribution is 5.89. The average Bonchev–Trinajstić information content (AvgIpc) is 3.25. The van der Waals surface area contributed by atoms with E-state index in [0.717, 1.165) is 24.1 Å². The summed E-state index contributed by atoms with van der Waals surface area (Å²) in [4.78, 5) is 32.7. The zero-order valence-electron chi connectivity index (χ0n) is 25.3. The Hall–Kier alpha value is -4.46. The number of hydrogen-bond acceptors (Lipinski definition) is 7. The van der Waals surface area contributed by atoms with Crippen LogP contribution < -0.4 is 32.6 Å². The molecule has 0 amide bonds. The molecule has 0 fully saturated rings. The Kier molecular flexibility index (Phi) is 12.9. The van der Waals surface area contributed by atoms with Gasteiger partial charge in [0.1, 0.15) is 29.8 Å². The van der Waals surface area contributed by atoms with E-state index in [4.69, 9.17) is 31.7 Å². The van der Waals surface area contributed by atoms with E-state index in [1.54, 1.807) is 66.2 Å². The maximum absolute atomic E-state index is 13.2. The van der Waals surface area contributed by atoms with Crippen LogP contribution in [-0.4, -0.2) is 75.2 Å². The summed E-state index contributed by atoms with van der Waals surface area (Å²) in [6.45, 7) is 6.75. The number of benzene rings is 1. The molecule has 0 aliphatic heterocycles. The monoisotopic (exact) mass is 585 g/mol. The number of nitrogens with two attached hydrogens (primary N) is 3. The Balaban J connectivity index is 0.000000592. The normalized spacial score (nSPS) is 11.4. The van der Waals surface area contributed by atoms with Gasteiger partial charge in [0.2, 0.25) is 0 Å². The Morgan fingerprint density at radius 2 is 1.81 bits per heavy atom. The van der Waals surface area contributed by atoms with Crippen molar-refractivity contribution >= 4 is 28.9 Å². The first-order chi connectivity index (χ1) is 19.9. The topological polar surface area (TPSA) is 205 Å². The summed E-state index contributed by atoms with van der Waals surface area (Å²) in [5, 5.41) is 15.6. The minimum absolute atomic E-state index is 0.0267. The van der Waals surface area contributed by atoms with Crippen LogP contribution >= 0.6 is 0 Å². The number of carboxylic acids is 1. The molecule has 0 saturated heterocycles. The Morgan fingerprint density at radius 3 is 2.31 bits per heavy atom. The molecule has 14 heteroatoms. The number of rotatable bonds is 12. The van der Waals surface area contributed by atoms with Crippen molar-refractivity contribution < 1.29 is 24.0 Å². The minimum atomic E-state index is -1.23. The lowest BCUT2D eigenvalue weighted by atomic mass is 10.1. The number of aliphatic carboxylic acids is 1.